The molecule has 0 saturated heterocycles. The van der Waals surface area contributed by atoms with Crippen LogP contribution in [-0.2, 0) is 31.9 Å². The molecule has 0 fully saturated rings. The molecule has 0 aliphatic carbocycles. The second-order valence-corrected chi connectivity index (χ2v) is 22.5. The molecule has 0 aromatic rings. The van der Waals surface area contributed by atoms with Gasteiger partial charge in [0.2, 0.25) is 0 Å². The summed E-state index contributed by atoms with van der Waals surface area (Å²) in [4.78, 5) is 0. The van der Waals surface area contributed by atoms with Crippen LogP contribution in [0.2, 0.25) is 0 Å². The monoisotopic (exact) mass is 991 g/mol. The second-order valence-electron chi connectivity index (χ2n) is 20.1. The Morgan fingerprint density at radius 3 is 0.657 bits per heavy atom. The first kappa shape index (κ1) is 67.6. The number of hydrogen-bond acceptors (Lipinski definition) is 7. The van der Waals surface area contributed by atoms with Crippen molar-refractivity contribution in [3.63, 3.8) is 0 Å². The normalized spacial score (nSPS) is 12.4. The van der Waals surface area contributed by atoms with Crippen molar-refractivity contribution in [2.75, 3.05) is 46.2 Å². The lowest BCUT2D eigenvalue weighted by molar-refractivity contribution is 0.0173. The largest absolute Gasteiger partial charge is 0.376 e. The number of ether oxygens (including phenoxy) is 1. The maximum atomic E-state index is 6.24. The second kappa shape index (κ2) is 60.9. The highest BCUT2D eigenvalue weighted by atomic mass is 31.2. The highest BCUT2D eigenvalue weighted by molar-refractivity contribution is 7.41. The molecule has 0 amide bonds. The van der Waals surface area contributed by atoms with E-state index in [9.17, 15) is 0 Å². The first-order chi connectivity index (χ1) is 33.2. The zero-order chi connectivity index (χ0) is 48.5. The van der Waals surface area contributed by atoms with Gasteiger partial charge in [0.05, 0.1) is 45.7 Å². The van der Waals surface area contributed by atoms with Crippen LogP contribution in [0.1, 0.15) is 324 Å². The van der Waals surface area contributed by atoms with E-state index >= 15 is 0 Å². The lowest BCUT2D eigenvalue weighted by atomic mass is 10.1. The minimum Gasteiger partial charge on any atom is -0.376 e. The molecule has 1 unspecified atom stereocenters. The van der Waals surface area contributed by atoms with Crippen molar-refractivity contribution in [3.05, 3.63) is 0 Å². The minimum atomic E-state index is -1.37. The minimum absolute atomic E-state index is 0.0442. The molecule has 0 heterocycles. The Hall–Kier alpha value is 0.580. The van der Waals surface area contributed by atoms with E-state index in [-0.39, 0.29) is 6.10 Å². The molecule has 404 valence electrons. The molecule has 0 saturated carbocycles. The number of hydrogen-bond donors (Lipinski definition) is 0. The molecule has 0 spiro atoms. The van der Waals surface area contributed by atoms with Gasteiger partial charge in [-0.3, -0.25) is 0 Å². The van der Waals surface area contributed by atoms with Crippen LogP contribution in [0.5, 0.6) is 0 Å². The van der Waals surface area contributed by atoms with E-state index < -0.39 is 17.2 Å². The maximum Gasteiger partial charge on any atom is 0.332 e. The van der Waals surface area contributed by atoms with Crippen LogP contribution in [0.25, 0.3) is 0 Å². The van der Waals surface area contributed by atoms with Gasteiger partial charge < -0.3 is 31.9 Å². The average molecular weight is 992 g/mol. The summed E-state index contributed by atoms with van der Waals surface area (Å²) in [6.45, 7) is 15.8. The summed E-state index contributed by atoms with van der Waals surface area (Å²) in [5, 5.41) is 0. The Morgan fingerprint density at radius 1 is 0.224 bits per heavy atom. The summed E-state index contributed by atoms with van der Waals surface area (Å²) in [7, 11) is -2.69. The predicted molar refractivity (Wildman–Crippen MR) is 295 cm³/mol. The Labute approximate surface area is 423 Å². The van der Waals surface area contributed by atoms with E-state index in [1.54, 1.807) is 0 Å². The van der Waals surface area contributed by atoms with Gasteiger partial charge in [-0.05, 0) is 39.0 Å². The van der Waals surface area contributed by atoms with E-state index in [0.717, 1.165) is 45.3 Å². The molecule has 0 N–H and O–H groups in total. The molecule has 0 aliphatic rings. The summed E-state index contributed by atoms with van der Waals surface area (Å²) in [6, 6.07) is 0. The summed E-state index contributed by atoms with van der Waals surface area (Å²) in [5.41, 5.74) is 0. The highest BCUT2D eigenvalue weighted by Gasteiger charge is 2.16. The third-order valence-corrected chi connectivity index (χ3v) is 15.4. The van der Waals surface area contributed by atoms with Gasteiger partial charge in [-0.2, -0.15) is 0 Å². The number of rotatable bonds is 61. The summed E-state index contributed by atoms with van der Waals surface area (Å²) in [5.74, 6) is 0. The Kier molecular flexibility index (Phi) is 61.4. The van der Waals surface area contributed by atoms with Crippen molar-refractivity contribution in [1.29, 1.82) is 0 Å². The molecule has 0 bridgehead atoms. The van der Waals surface area contributed by atoms with Crippen molar-refractivity contribution in [1.82, 2.24) is 0 Å². The quantitative estimate of drug-likeness (QED) is 0.0444. The van der Waals surface area contributed by atoms with Gasteiger partial charge in [0.25, 0.3) is 0 Å². The number of unbranched alkanes of at least 4 members (excludes halogenated alkanes) is 40. The molecule has 0 radical (unpaired) electrons. The van der Waals surface area contributed by atoms with Crippen LogP contribution >= 0.6 is 17.2 Å². The van der Waals surface area contributed by atoms with E-state index in [1.807, 2.05) is 0 Å². The molecular weight excluding hydrogens is 871 g/mol. The van der Waals surface area contributed by atoms with Gasteiger partial charge in [-0.1, -0.05) is 285 Å². The van der Waals surface area contributed by atoms with Crippen molar-refractivity contribution in [2.45, 2.75) is 330 Å². The molecule has 0 rings (SSSR count). The van der Waals surface area contributed by atoms with Crippen LogP contribution in [0.4, 0.5) is 0 Å². The molecule has 0 aromatic carbocycles. The predicted octanol–water partition coefficient (Wildman–Crippen LogP) is 21.6. The van der Waals surface area contributed by atoms with Gasteiger partial charge in [0.1, 0.15) is 0 Å². The van der Waals surface area contributed by atoms with Crippen LogP contribution in [0.3, 0.4) is 0 Å². The van der Waals surface area contributed by atoms with Gasteiger partial charge in [-0.15, -0.1) is 0 Å². The van der Waals surface area contributed by atoms with Crippen LogP contribution in [0, 0.1) is 0 Å². The van der Waals surface area contributed by atoms with Crippen molar-refractivity contribution in [2.24, 2.45) is 0 Å². The van der Waals surface area contributed by atoms with Crippen LogP contribution < -0.4 is 0 Å². The van der Waals surface area contributed by atoms with Crippen molar-refractivity contribution >= 4 is 17.2 Å². The van der Waals surface area contributed by atoms with Crippen molar-refractivity contribution < 1.29 is 31.9 Å². The molecule has 9 heteroatoms. The standard InChI is InChI=1S/C58H120O7P2/c1-6-10-14-18-22-26-30-34-38-42-46-52-60-66(61-53-47-43-39-35-31-27-23-19-15-11-7-2)64-56-50-51-59-58(5)57-65-67(62-54-48-44-40-36-32-28-24-20-16-12-8-3)63-55-49-45-41-37-33-29-25-21-17-13-9-4/h58H,6-57H2,1-5H3. The molecule has 0 aromatic heterocycles. The Morgan fingerprint density at radius 2 is 0.418 bits per heavy atom. The zero-order valence-corrected chi connectivity index (χ0v) is 47.9. The lowest BCUT2D eigenvalue weighted by Gasteiger charge is -2.20. The highest BCUT2D eigenvalue weighted by Crippen LogP contribution is 2.41. The average Bonchev–Trinajstić information content (AvgIpc) is 3.33. The van der Waals surface area contributed by atoms with E-state index in [4.69, 9.17) is 31.9 Å². The Balaban J connectivity index is 4.58. The SMILES string of the molecule is CCCCCCCCCCCCCOP(OCCCCCCCCCCCCC)OCCCOC(C)COP(OCCCCCCCCCCCCC)OCCCCCCCCCCCCC. The fourth-order valence-electron chi connectivity index (χ4n) is 8.54. The first-order valence-corrected chi connectivity index (χ1v) is 32.4. The lowest BCUT2D eigenvalue weighted by Crippen LogP contribution is -2.17. The van der Waals surface area contributed by atoms with E-state index in [1.165, 1.54) is 257 Å². The third kappa shape index (κ3) is 57.4. The fraction of sp³-hybridized carbons (Fsp3) is 1.00. The van der Waals surface area contributed by atoms with Crippen LogP contribution in [-0.4, -0.2) is 52.4 Å². The van der Waals surface area contributed by atoms with Crippen molar-refractivity contribution in [3.8, 4) is 0 Å². The Bertz CT molecular complexity index is 817. The van der Waals surface area contributed by atoms with Crippen LogP contribution in [0.15, 0.2) is 0 Å². The maximum absolute atomic E-state index is 6.24. The third-order valence-electron chi connectivity index (χ3n) is 13.1. The molecule has 7 nitrogen and oxygen atoms in total. The molecule has 0 aliphatic heterocycles. The van der Waals surface area contributed by atoms with E-state index in [2.05, 4.69) is 34.6 Å². The summed E-state index contributed by atoms with van der Waals surface area (Å²) >= 11 is 0. The summed E-state index contributed by atoms with van der Waals surface area (Å²) < 4.78 is 43.5. The van der Waals surface area contributed by atoms with Gasteiger partial charge >= 0.3 is 17.2 Å². The summed E-state index contributed by atoms with van der Waals surface area (Å²) in [6.07, 6.45) is 59.4. The molecule has 1 atom stereocenters. The first-order valence-electron chi connectivity index (χ1n) is 30.2. The van der Waals surface area contributed by atoms with Gasteiger partial charge in [-0.25, -0.2) is 0 Å². The van der Waals surface area contributed by atoms with E-state index in [0.29, 0.717) is 33.0 Å². The van der Waals surface area contributed by atoms with Gasteiger partial charge in [0, 0.05) is 6.61 Å². The molecular formula is C58H120O7P2. The molecule has 67 heavy (non-hydrogen) atoms. The smallest absolute Gasteiger partial charge is 0.332 e. The topological polar surface area (TPSA) is 64.6 Å². The fourth-order valence-corrected chi connectivity index (χ4v) is 10.7. The zero-order valence-electron chi connectivity index (χ0n) is 46.1. The van der Waals surface area contributed by atoms with Gasteiger partial charge in [0.15, 0.2) is 0 Å².